The minimum Gasteiger partial charge on any atom is -0.480 e. The zero-order valence-electron chi connectivity index (χ0n) is 13.9. The fraction of sp³-hybridized carbons (Fsp3) is 0.100. The molecule has 0 spiro atoms. The summed E-state index contributed by atoms with van der Waals surface area (Å²) < 4.78 is 5.85. The maximum Gasteiger partial charge on any atom is 0.322 e. The second-order valence-corrected chi connectivity index (χ2v) is 5.64. The Morgan fingerprint density at radius 3 is 2.42 bits per heavy atom. The second-order valence-electron chi connectivity index (χ2n) is 5.64. The van der Waals surface area contributed by atoms with E-state index >= 15 is 0 Å². The van der Waals surface area contributed by atoms with Crippen LogP contribution in [0, 0.1) is 0 Å². The highest BCUT2D eigenvalue weighted by Gasteiger charge is 2.10. The fourth-order valence-corrected chi connectivity index (χ4v) is 2.48. The maximum absolute atomic E-state index is 9.65. The van der Waals surface area contributed by atoms with Crippen LogP contribution in [-0.4, -0.2) is 33.8 Å². The topological polar surface area (TPSA) is 110 Å². The fourth-order valence-electron chi connectivity index (χ4n) is 2.48. The van der Waals surface area contributed by atoms with Gasteiger partial charge in [-0.1, -0.05) is 48.5 Å². The lowest BCUT2D eigenvalue weighted by atomic mass is 10.0. The molecule has 0 bridgehead atoms. The van der Waals surface area contributed by atoms with Crippen molar-refractivity contribution < 1.29 is 19.4 Å². The molecule has 1 aromatic heterocycles. The second kappa shape index (κ2) is 7.77. The number of carboxylic acid groups (broad SMARTS) is 1. The number of aliphatic carboxylic acids is 1. The number of fused-ring (bicyclic) bond motifs is 2. The summed E-state index contributed by atoms with van der Waals surface area (Å²) >= 11 is 0. The van der Waals surface area contributed by atoms with E-state index in [0.717, 1.165) is 22.0 Å². The zero-order valence-corrected chi connectivity index (χ0v) is 13.9. The molecule has 0 aliphatic rings. The van der Waals surface area contributed by atoms with Gasteiger partial charge in [0.2, 0.25) is 5.89 Å². The van der Waals surface area contributed by atoms with E-state index in [4.69, 9.17) is 20.4 Å². The Morgan fingerprint density at radius 2 is 1.73 bits per heavy atom. The van der Waals surface area contributed by atoms with E-state index < -0.39 is 18.6 Å². The van der Waals surface area contributed by atoms with Gasteiger partial charge in [-0.05, 0) is 29.0 Å². The van der Waals surface area contributed by atoms with Crippen molar-refractivity contribution >= 4 is 27.8 Å². The number of hydrogen-bond acceptors (Lipinski definition) is 5. The van der Waals surface area contributed by atoms with Crippen molar-refractivity contribution in [2.24, 2.45) is 5.73 Å². The zero-order chi connectivity index (χ0) is 18.5. The number of nitrogens with zero attached hydrogens (tertiary/aromatic N) is 1. The van der Waals surface area contributed by atoms with Crippen molar-refractivity contribution in [3.63, 3.8) is 0 Å². The Bertz CT molecular complexity index is 1000. The molecule has 4 rings (SSSR count). The number of nitrogens with two attached hydrogens (primary N) is 1. The Balaban J connectivity index is 0.000000242. The minimum atomic E-state index is -1.18. The number of carbonyl (C=O) groups is 1. The van der Waals surface area contributed by atoms with Crippen LogP contribution >= 0.6 is 0 Å². The summed E-state index contributed by atoms with van der Waals surface area (Å²) in [5.41, 5.74) is 7.52. The quantitative estimate of drug-likeness (QED) is 0.524. The molecule has 0 radical (unpaired) electrons. The molecule has 0 aliphatic heterocycles. The van der Waals surface area contributed by atoms with Gasteiger partial charge in [0.05, 0.1) is 6.61 Å². The summed E-state index contributed by atoms with van der Waals surface area (Å²) in [7, 11) is 0. The average Bonchev–Trinajstić information content (AvgIpc) is 3.11. The van der Waals surface area contributed by atoms with Crippen LogP contribution in [-0.2, 0) is 4.79 Å². The molecule has 0 unspecified atom stereocenters. The van der Waals surface area contributed by atoms with Crippen molar-refractivity contribution in [3.05, 3.63) is 66.7 Å². The van der Waals surface area contributed by atoms with Crippen LogP contribution in [0.1, 0.15) is 0 Å². The van der Waals surface area contributed by atoms with E-state index in [1.165, 1.54) is 5.39 Å². The highest BCUT2D eigenvalue weighted by Crippen LogP contribution is 2.30. The molecule has 1 heterocycles. The SMILES string of the molecule is N[C@@H](CO)C(=O)O.c1ccc2c(-c3nc4ccccc4o3)cccc2c1. The molecule has 0 saturated carbocycles. The van der Waals surface area contributed by atoms with Crippen molar-refractivity contribution in [1.82, 2.24) is 4.98 Å². The predicted molar refractivity (Wildman–Crippen MR) is 99.6 cm³/mol. The highest BCUT2D eigenvalue weighted by molar-refractivity contribution is 5.95. The summed E-state index contributed by atoms with van der Waals surface area (Å²) in [6, 6.07) is 21.2. The van der Waals surface area contributed by atoms with Gasteiger partial charge < -0.3 is 20.4 Å². The lowest BCUT2D eigenvalue weighted by Crippen LogP contribution is -2.33. The Hall–Kier alpha value is -3.22. The van der Waals surface area contributed by atoms with Gasteiger partial charge in [0, 0.05) is 5.56 Å². The maximum atomic E-state index is 9.65. The van der Waals surface area contributed by atoms with E-state index in [1.807, 2.05) is 48.5 Å². The van der Waals surface area contributed by atoms with Gasteiger partial charge in [-0.3, -0.25) is 4.79 Å². The average molecular weight is 350 g/mol. The Labute approximate surface area is 149 Å². The van der Waals surface area contributed by atoms with E-state index in [2.05, 4.69) is 23.2 Å². The van der Waals surface area contributed by atoms with Gasteiger partial charge in [-0.15, -0.1) is 0 Å². The summed E-state index contributed by atoms with van der Waals surface area (Å²) in [4.78, 5) is 14.2. The smallest absolute Gasteiger partial charge is 0.322 e. The first-order chi connectivity index (χ1) is 12.6. The number of aliphatic hydroxyl groups excluding tert-OH is 1. The van der Waals surface area contributed by atoms with Crippen LogP contribution < -0.4 is 5.73 Å². The van der Waals surface area contributed by atoms with Crippen molar-refractivity contribution in [3.8, 4) is 11.5 Å². The molecule has 0 saturated heterocycles. The Kier molecular flexibility index (Phi) is 5.26. The monoisotopic (exact) mass is 350 g/mol. The molecule has 6 heteroatoms. The first-order valence-electron chi connectivity index (χ1n) is 8.03. The Morgan fingerprint density at radius 1 is 1.04 bits per heavy atom. The predicted octanol–water partition coefficient (Wildman–Crippen LogP) is 3.04. The first kappa shape index (κ1) is 17.6. The molecule has 3 aromatic carbocycles. The number of rotatable bonds is 3. The first-order valence-corrected chi connectivity index (χ1v) is 8.03. The summed E-state index contributed by atoms with van der Waals surface area (Å²) in [5.74, 6) is -0.500. The third-order valence-electron chi connectivity index (χ3n) is 3.83. The number of carboxylic acids is 1. The van der Waals surface area contributed by atoms with Crippen LogP contribution in [0.15, 0.2) is 71.1 Å². The van der Waals surface area contributed by atoms with Gasteiger partial charge in [0.1, 0.15) is 11.6 Å². The number of aromatic nitrogens is 1. The van der Waals surface area contributed by atoms with E-state index in [-0.39, 0.29) is 0 Å². The van der Waals surface area contributed by atoms with Crippen LogP contribution in [0.2, 0.25) is 0 Å². The van der Waals surface area contributed by atoms with Gasteiger partial charge in [0.25, 0.3) is 0 Å². The highest BCUT2D eigenvalue weighted by atomic mass is 16.4. The molecule has 0 aliphatic carbocycles. The third kappa shape index (κ3) is 3.72. The third-order valence-corrected chi connectivity index (χ3v) is 3.83. The number of oxazole rings is 1. The summed E-state index contributed by atoms with van der Waals surface area (Å²) in [5, 5.41) is 18.3. The van der Waals surface area contributed by atoms with Crippen molar-refractivity contribution in [1.29, 1.82) is 0 Å². The van der Waals surface area contributed by atoms with Crippen molar-refractivity contribution in [2.45, 2.75) is 6.04 Å². The number of hydrogen-bond donors (Lipinski definition) is 3. The molecule has 0 fully saturated rings. The summed E-state index contributed by atoms with van der Waals surface area (Å²) in [6.45, 7) is -0.505. The van der Waals surface area contributed by atoms with Gasteiger partial charge >= 0.3 is 5.97 Å². The van der Waals surface area contributed by atoms with E-state index in [0.29, 0.717) is 5.89 Å². The lowest BCUT2D eigenvalue weighted by molar-refractivity contribution is -0.139. The molecule has 1 atom stereocenters. The molecule has 4 N–H and O–H groups in total. The molecule has 6 nitrogen and oxygen atoms in total. The van der Waals surface area contributed by atoms with Crippen LogP contribution in [0.3, 0.4) is 0 Å². The number of benzene rings is 3. The normalized spacial score (nSPS) is 11.8. The largest absolute Gasteiger partial charge is 0.480 e. The molecule has 4 aromatic rings. The van der Waals surface area contributed by atoms with Crippen molar-refractivity contribution in [2.75, 3.05) is 6.61 Å². The molecule has 26 heavy (non-hydrogen) atoms. The lowest BCUT2D eigenvalue weighted by Gasteiger charge is -2.01. The molecule has 0 amide bonds. The summed E-state index contributed by atoms with van der Waals surface area (Å²) in [6.07, 6.45) is 0. The standard InChI is InChI=1S/C17H11NO.C3H7NO3/c1-2-8-13-12(6-1)7-5-9-14(13)17-18-15-10-3-4-11-16(15)19-17;4-2(1-5)3(6)7/h1-11H;2,5H,1,4H2,(H,6,7)/t;2-/m.0/s1. The number of para-hydroxylation sites is 2. The van der Waals surface area contributed by atoms with Gasteiger partial charge in [-0.25, -0.2) is 4.98 Å². The van der Waals surface area contributed by atoms with Gasteiger partial charge in [0.15, 0.2) is 5.58 Å². The van der Waals surface area contributed by atoms with E-state index in [1.54, 1.807) is 0 Å². The van der Waals surface area contributed by atoms with Crippen LogP contribution in [0.4, 0.5) is 0 Å². The number of aliphatic hydroxyl groups is 1. The molecular weight excluding hydrogens is 332 g/mol. The van der Waals surface area contributed by atoms with Gasteiger partial charge in [-0.2, -0.15) is 0 Å². The minimum absolute atomic E-state index is 0.505. The van der Waals surface area contributed by atoms with Crippen LogP contribution in [0.5, 0.6) is 0 Å². The molecular formula is C20H18N2O4. The molecule has 132 valence electrons. The van der Waals surface area contributed by atoms with E-state index in [9.17, 15) is 4.79 Å². The van der Waals surface area contributed by atoms with Crippen LogP contribution in [0.25, 0.3) is 33.3 Å².